The van der Waals surface area contributed by atoms with E-state index in [9.17, 15) is 27.9 Å². The largest absolute Gasteiger partial charge is 0.481 e. The lowest BCUT2D eigenvalue weighted by Gasteiger charge is -2.39. The highest BCUT2D eigenvalue weighted by Gasteiger charge is 2.44. The molecule has 0 spiro atoms. The topological polar surface area (TPSA) is 140 Å². The van der Waals surface area contributed by atoms with Gasteiger partial charge in [-0.05, 0) is 37.5 Å². The fourth-order valence-electron chi connectivity index (χ4n) is 3.66. The zero-order valence-corrected chi connectivity index (χ0v) is 15.6. The van der Waals surface area contributed by atoms with Crippen molar-refractivity contribution >= 4 is 27.0 Å². The quantitative estimate of drug-likeness (QED) is 0.642. The van der Waals surface area contributed by atoms with Crippen LogP contribution in [0.5, 0.6) is 0 Å². The van der Waals surface area contributed by atoms with Gasteiger partial charge in [0.15, 0.2) is 0 Å². The van der Waals surface area contributed by atoms with Crippen molar-refractivity contribution in [2.45, 2.75) is 37.5 Å². The minimum absolute atomic E-state index is 0.0598. The van der Waals surface area contributed by atoms with E-state index in [1.165, 1.54) is 22.5 Å². The highest BCUT2D eigenvalue weighted by Crippen LogP contribution is 2.37. The summed E-state index contributed by atoms with van der Waals surface area (Å²) in [5, 5.41) is 9.68. The van der Waals surface area contributed by atoms with E-state index in [1.54, 1.807) is 0 Å². The van der Waals surface area contributed by atoms with Crippen LogP contribution in [0, 0.1) is 5.41 Å². The van der Waals surface area contributed by atoms with Crippen LogP contribution in [0.2, 0.25) is 0 Å². The Bertz CT molecular complexity index is 1100. The molecule has 0 saturated carbocycles. The lowest BCUT2D eigenvalue weighted by molar-refractivity contribution is -0.151. The van der Waals surface area contributed by atoms with Gasteiger partial charge < -0.3 is 15.1 Å². The highest BCUT2D eigenvalue weighted by atomic mass is 32.2. The molecule has 3 rings (SSSR count). The van der Waals surface area contributed by atoms with E-state index in [1.807, 2.05) is 6.92 Å². The summed E-state index contributed by atoms with van der Waals surface area (Å²) in [5.74, 6) is -0.982. The molecule has 1 aromatic heterocycles. The number of aliphatic carboxylic acids is 1. The Morgan fingerprint density at radius 2 is 1.89 bits per heavy atom. The van der Waals surface area contributed by atoms with Crippen LogP contribution >= 0.6 is 0 Å². The summed E-state index contributed by atoms with van der Waals surface area (Å²) in [4.78, 5) is 39.4. The van der Waals surface area contributed by atoms with Crippen molar-refractivity contribution in [1.82, 2.24) is 14.3 Å². The van der Waals surface area contributed by atoms with E-state index in [0.29, 0.717) is 31.2 Å². The van der Waals surface area contributed by atoms with E-state index in [0.717, 1.165) is 0 Å². The molecule has 27 heavy (non-hydrogen) atoms. The van der Waals surface area contributed by atoms with E-state index < -0.39 is 32.5 Å². The second-order valence-corrected chi connectivity index (χ2v) is 8.83. The van der Waals surface area contributed by atoms with Crippen molar-refractivity contribution in [2.24, 2.45) is 5.41 Å². The van der Waals surface area contributed by atoms with Crippen molar-refractivity contribution < 1.29 is 18.3 Å². The summed E-state index contributed by atoms with van der Waals surface area (Å²) in [6, 6.07) is 4.02. The van der Waals surface area contributed by atoms with Gasteiger partial charge in [-0.1, -0.05) is 13.3 Å². The molecule has 146 valence electrons. The van der Waals surface area contributed by atoms with Crippen molar-refractivity contribution in [3.05, 3.63) is 38.9 Å². The van der Waals surface area contributed by atoms with Crippen molar-refractivity contribution in [1.29, 1.82) is 0 Å². The normalized spacial score (nSPS) is 21.4. The Morgan fingerprint density at radius 3 is 2.52 bits per heavy atom. The number of carboxylic acid groups (broad SMARTS) is 1. The number of rotatable bonds is 5. The number of benzene rings is 1. The van der Waals surface area contributed by atoms with Gasteiger partial charge in [0.2, 0.25) is 10.0 Å². The maximum Gasteiger partial charge on any atom is 0.314 e. The maximum atomic E-state index is 13.1. The van der Waals surface area contributed by atoms with Crippen LogP contribution < -0.4 is 11.1 Å². The molecule has 0 bridgehead atoms. The molecule has 1 aliphatic heterocycles. The molecule has 0 aliphatic carbocycles. The summed E-state index contributed by atoms with van der Waals surface area (Å²) < 4.78 is 27.3. The average Bonchev–Trinajstić information content (AvgIpc) is 2.62. The number of hydrogen-bond acceptors (Lipinski definition) is 5. The van der Waals surface area contributed by atoms with E-state index in [2.05, 4.69) is 9.97 Å². The summed E-state index contributed by atoms with van der Waals surface area (Å²) in [6.45, 7) is 2.03. The number of nitrogens with zero attached hydrogens (tertiary/aromatic N) is 1. The number of aromatic nitrogens is 2. The van der Waals surface area contributed by atoms with Crippen LogP contribution in [0.25, 0.3) is 11.0 Å². The fourth-order valence-corrected chi connectivity index (χ4v) is 5.25. The predicted octanol–water partition coefficient (Wildman–Crippen LogP) is 0.872. The first-order valence-corrected chi connectivity index (χ1v) is 10.1. The van der Waals surface area contributed by atoms with Gasteiger partial charge in [0.25, 0.3) is 0 Å². The third-order valence-electron chi connectivity index (χ3n) is 5.06. The number of carboxylic acids is 1. The number of nitrogens with one attached hydrogen (secondary N) is 2. The molecule has 1 atom stereocenters. The third kappa shape index (κ3) is 3.42. The van der Waals surface area contributed by atoms with Gasteiger partial charge in [0.05, 0.1) is 21.3 Å². The summed E-state index contributed by atoms with van der Waals surface area (Å²) >= 11 is 0. The molecular formula is C17H21N3O6S. The van der Waals surface area contributed by atoms with E-state index in [4.69, 9.17) is 0 Å². The molecule has 1 saturated heterocycles. The Labute approximate surface area is 155 Å². The Balaban J connectivity index is 2.01. The van der Waals surface area contributed by atoms with Crippen molar-refractivity contribution in [3.8, 4) is 0 Å². The van der Waals surface area contributed by atoms with Crippen molar-refractivity contribution in [2.75, 3.05) is 13.1 Å². The third-order valence-corrected chi connectivity index (χ3v) is 6.90. The Hall–Kier alpha value is -2.46. The smallest absolute Gasteiger partial charge is 0.314 e. The van der Waals surface area contributed by atoms with Gasteiger partial charge in [-0.2, -0.15) is 4.31 Å². The number of aromatic amines is 2. The molecule has 2 aromatic rings. The predicted molar refractivity (Wildman–Crippen MR) is 98.2 cm³/mol. The number of piperidine rings is 1. The lowest BCUT2D eigenvalue weighted by atomic mass is 9.77. The fraction of sp³-hybridized carbons (Fsp3) is 0.471. The van der Waals surface area contributed by atoms with Gasteiger partial charge >= 0.3 is 17.1 Å². The molecule has 0 radical (unpaired) electrons. The average molecular weight is 395 g/mol. The summed E-state index contributed by atoms with van der Waals surface area (Å²) in [7, 11) is -3.94. The minimum atomic E-state index is -3.94. The zero-order valence-electron chi connectivity index (χ0n) is 14.8. The van der Waals surface area contributed by atoms with Crippen LogP contribution in [0.3, 0.4) is 0 Å². The molecule has 1 fully saturated rings. The van der Waals surface area contributed by atoms with E-state index in [-0.39, 0.29) is 23.5 Å². The van der Waals surface area contributed by atoms with Gasteiger partial charge in [-0.25, -0.2) is 8.42 Å². The van der Waals surface area contributed by atoms with Crippen LogP contribution in [-0.4, -0.2) is 46.9 Å². The van der Waals surface area contributed by atoms with Gasteiger partial charge in [-0.3, -0.25) is 14.4 Å². The lowest BCUT2D eigenvalue weighted by Crippen LogP contribution is -2.49. The van der Waals surface area contributed by atoms with Crippen LogP contribution in [0.1, 0.15) is 32.6 Å². The Kier molecular flexibility index (Phi) is 4.96. The molecule has 1 aromatic carbocycles. The summed E-state index contributed by atoms with van der Waals surface area (Å²) in [5.41, 5.74) is -2.28. The molecule has 1 aliphatic rings. The second kappa shape index (κ2) is 6.93. The standard InChI is InChI=1S/C17H21N3O6S/c1-2-6-17(16(23)24)7-3-8-20(10-17)27(25,26)11-4-5-12-13(9-11)19-15(22)14(21)18-12/h4-5,9H,2-3,6-8,10H2,1H3,(H,18,21)(H,19,22)(H,23,24)/t17-/m1/s1. The number of H-pyrrole nitrogens is 2. The monoisotopic (exact) mass is 395 g/mol. The summed E-state index contributed by atoms with van der Waals surface area (Å²) in [6.07, 6.45) is 1.95. The molecule has 0 amide bonds. The maximum absolute atomic E-state index is 13.1. The Morgan fingerprint density at radius 1 is 1.22 bits per heavy atom. The van der Waals surface area contributed by atoms with E-state index >= 15 is 0 Å². The molecule has 9 nitrogen and oxygen atoms in total. The van der Waals surface area contributed by atoms with Gasteiger partial charge in [0, 0.05) is 13.1 Å². The first kappa shape index (κ1) is 19.3. The molecular weight excluding hydrogens is 374 g/mol. The number of hydrogen-bond donors (Lipinski definition) is 3. The zero-order chi connectivity index (χ0) is 19.8. The number of carbonyl (C=O) groups is 1. The van der Waals surface area contributed by atoms with Crippen LogP contribution in [-0.2, 0) is 14.8 Å². The number of fused-ring (bicyclic) bond motifs is 1. The SMILES string of the molecule is CCC[C@@]1(C(=O)O)CCCN(S(=O)(=O)c2ccc3[nH]c(=O)c(=O)[nH]c3c2)C1. The first-order chi connectivity index (χ1) is 12.7. The van der Waals surface area contributed by atoms with Crippen LogP contribution in [0.15, 0.2) is 32.7 Å². The molecule has 10 heteroatoms. The second-order valence-electron chi connectivity index (χ2n) is 6.89. The molecule has 0 unspecified atom stereocenters. The van der Waals surface area contributed by atoms with Crippen LogP contribution in [0.4, 0.5) is 0 Å². The number of sulfonamides is 1. The van der Waals surface area contributed by atoms with Gasteiger partial charge in [-0.15, -0.1) is 0 Å². The first-order valence-electron chi connectivity index (χ1n) is 8.69. The highest BCUT2D eigenvalue weighted by molar-refractivity contribution is 7.89. The molecule has 3 N–H and O–H groups in total. The minimum Gasteiger partial charge on any atom is -0.481 e. The van der Waals surface area contributed by atoms with Crippen molar-refractivity contribution in [3.63, 3.8) is 0 Å². The molecule has 2 heterocycles. The van der Waals surface area contributed by atoms with Gasteiger partial charge in [0.1, 0.15) is 0 Å².